The number of nitrogens with zero attached hydrogens (tertiary/aromatic N) is 1. The molecular formula is C17H28N2O2. The second kappa shape index (κ2) is 8.90. The Morgan fingerprint density at radius 1 is 1.10 bits per heavy atom. The molecule has 0 bridgehead atoms. The van der Waals surface area contributed by atoms with E-state index in [-0.39, 0.29) is 0 Å². The normalized spacial score (nSPS) is 16.9. The molecule has 0 amide bonds. The van der Waals surface area contributed by atoms with E-state index < -0.39 is 0 Å². The summed E-state index contributed by atoms with van der Waals surface area (Å²) in [5.41, 5.74) is 0. The summed E-state index contributed by atoms with van der Waals surface area (Å²) < 4.78 is 11.5. The largest absolute Gasteiger partial charge is 0.490 e. The maximum absolute atomic E-state index is 5.88. The van der Waals surface area contributed by atoms with Crippen molar-refractivity contribution in [3.63, 3.8) is 0 Å². The molecule has 1 heterocycles. The number of hydrogen-bond donors (Lipinski definition) is 1. The van der Waals surface area contributed by atoms with Gasteiger partial charge in [0.05, 0.1) is 6.61 Å². The molecule has 0 radical (unpaired) electrons. The van der Waals surface area contributed by atoms with E-state index >= 15 is 0 Å². The summed E-state index contributed by atoms with van der Waals surface area (Å²) in [4.78, 5) is 2.48. The minimum atomic E-state index is 0.665. The lowest BCUT2D eigenvalue weighted by molar-refractivity contribution is 0.163. The van der Waals surface area contributed by atoms with Crippen LogP contribution in [0.25, 0.3) is 0 Å². The van der Waals surface area contributed by atoms with Gasteiger partial charge in [0.1, 0.15) is 6.61 Å². The monoisotopic (exact) mass is 292 g/mol. The summed E-state index contributed by atoms with van der Waals surface area (Å²) in [5.74, 6) is 1.69. The SMILES string of the molecule is CCNC1CCN(CCOc2ccccc2OCC)CC1. The number of hydrogen-bond acceptors (Lipinski definition) is 4. The summed E-state index contributed by atoms with van der Waals surface area (Å²) in [6.45, 7) is 9.93. The Balaban J connectivity index is 1.70. The van der Waals surface area contributed by atoms with Crippen LogP contribution in [0.3, 0.4) is 0 Å². The van der Waals surface area contributed by atoms with Gasteiger partial charge in [0.25, 0.3) is 0 Å². The van der Waals surface area contributed by atoms with Gasteiger partial charge in [-0.1, -0.05) is 19.1 Å². The van der Waals surface area contributed by atoms with Crippen molar-refractivity contribution in [3.8, 4) is 11.5 Å². The number of benzene rings is 1. The molecule has 1 N–H and O–H groups in total. The van der Waals surface area contributed by atoms with E-state index in [1.54, 1.807) is 0 Å². The van der Waals surface area contributed by atoms with Gasteiger partial charge in [0, 0.05) is 12.6 Å². The van der Waals surface area contributed by atoms with Crippen LogP contribution in [0.15, 0.2) is 24.3 Å². The van der Waals surface area contributed by atoms with Crippen molar-refractivity contribution in [2.24, 2.45) is 0 Å². The van der Waals surface area contributed by atoms with E-state index in [1.165, 1.54) is 12.8 Å². The highest BCUT2D eigenvalue weighted by Crippen LogP contribution is 2.26. The van der Waals surface area contributed by atoms with Gasteiger partial charge in [-0.3, -0.25) is 4.90 Å². The third kappa shape index (κ3) is 5.21. The molecule has 4 nitrogen and oxygen atoms in total. The van der Waals surface area contributed by atoms with E-state index in [0.29, 0.717) is 12.6 Å². The van der Waals surface area contributed by atoms with Crippen molar-refractivity contribution in [1.82, 2.24) is 10.2 Å². The Morgan fingerprint density at radius 2 is 1.76 bits per heavy atom. The third-order valence-electron chi connectivity index (χ3n) is 3.89. The summed E-state index contributed by atoms with van der Waals surface area (Å²) in [7, 11) is 0. The maximum atomic E-state index is 5.88. The summed E-state index contributed by atoms with van der Waals surface area (Å²) in [6, 6.07) is 8.59. The molecule has 118 valence electrons. The number of ether oxygens (including phenoxy) is 2. The maximum Gasteiger partial charge on any atom is 0.161 e. The molecule has 1 fully saturated rings. The fourth-order valence-corrected chi connectivity index (χ4v) is 2.78. The Hall–Kier alpha value is -1.26. The molecule has 0 aliphatic carbocycles. The van der Waals surface area contributed by atoms with Crippen molar-refractivity contribution in [2.75, 3.05) is 39.4 Å². The Kier molecular flexibility index (Phi) is 6.83. The van der Waals surface area contributed by atoms with Gasteiger partial charge in [-0.25, -0.2) is 0 Å². The number of para-hydroxylation sites is 2. The standard InChI is InChI=1S/C17H28N2O2/c1-3-18-15-9-11-19(12-10-15)13-14-21-17-8-6-5-7-16(17)20-4-2/h5-8,15,18H,3-4,9-14H2,1-2H3. The molecule has 0 aromatic heterocycles. The lowest BCUT2D eigenvalue weighted by atomic mass is 10.1. The molecule has 0 atom stereocenters. The van der Waals surface area contributed by atoms with Crippen molar-refractivity contribution < 1.29 is 9.47 Å². The van der Waals surface area contributed by atoms with Crippen LogP contribution in [0.5, 0.6) is 11.5 Å². The van der Waals surface area contributed by atoms with Crippen LogP contribution in [0.1, 0.15) is 26.7 Å². The van der Waals surface area contributed by atoms with Crippen molar-refractivity contribution in [3.05, 3.63) is 24.3 Å². The van der Waals surface area contributed by atoms with Gasteiger partial charge in [-0.2, -0.15) is 0 Å². The topological polar surface area (TPSA) is 33.7 Å². The van der Waals surface area contributed by atoms with Crippen LogP contribution in [-0.4, -0.2) is 50.3 Å². The van der Waals surface area contributed by atoms with Crippen LogP contribution in [0, 0.1) is 0 Å². The van der Waals surface area contributed by atoms with Crippen molar-refractivity contribution >= 4 is 0 Å². The zero-order valence-electron chi connectivity index (χ0n) is 13.3. The molecule has 1 aliphatic rings. The zero-order valence-corrected chi connectivity index (χ0v) is 13.3. The molecule has 1 aromatic carbocycles. The fourth-order valence-electron chi connectivity index (χ4n) is 2.78. The first kappa shape index (κ1) is 16.1. The van der Waals surface area contributed by atoms with E-state index in [9.17, 15) is 0 Å². The summed E-state index contributed by atoms with van der Waals surface area (Å²) >= 11 is 0. The molecule has 4 heteroatoms. The van der Waals surface area contributed by atoms with Gasteiger partial charge < -0.3 is 14.8 Å². The van der Waals surface area contributed by atoms with Crippen molar-refractivity contribution in [1.29, 1.82) is 0 Å². The number of piperidine rings is 1. The van der Waals surface area contributed by atoms with Crippen LogP contribution < -0.4 is 14.8 Å². The Morgan fingerprint density at radius 3 is 2.38 bits per heavy atom. The number of likely N-dealkylation sites (tertiary alicyclic amines) is 1. The average molecular weight is 292 g/mol. The second-order valence-corrected chi connectivity index (χ2v) is 5.40. The summed E-state index contributed by atoms with van der Waals surface area (Å²) in [6.07, 6.45) is 2.48. The first-order valence-electron chi connectivity index (χ1n) is 8.13. The molecule has 0 unspecified atom stereocenters. The molecular weight excluding hydrogens is 264 g/mol. The number of nitrogens with one attached hydrogen (secondary N) is 1. The third-order valence-corrected chi connectivity index (χ3v) is 3.89. The second-order valence-electron chi connectivity index (χ2n) is 5.40. The van der Waals surface area contributed by atoms with Gasteiger partial charge in [-0.05, 0) is 51.5 Å². The molecule has 0 spiro atoms. The first-order chi connectivity index (χ1) is 10.3. The zero-order chi connectivity index (χ0) is 14.9. The predicted octanol–water partition coefficient (Wildman–Crippen LogP) is 2.54. The van der Waals surface area contributed by atoms with Crippen LogP contribution >= 0.6 is 0 Å². The van der Waals surface area contributed by atoms with E-state index in [1.807, 2.05) is 31.2 Å². The smallest absolute Gasteiger partial charge is 0.161 e. The van der Waals surface area contributed by atoms with E-state index in [2.05, 4.69) is 17.1 Å². The van der Waals surface area contributed by atoms with Crippen LogP contribution in [0.2, 0.25) is 0 Å². The minimum absolute atomic E-state index is 0.665. The lowest BCUT2D eigenvalue weighted by Gasteiger charge is -2.32. The minimum Gasteiger partial charge on any atom is -0.490 e. The first-order valence-corrected chi connectivity index (χ1v) is 8.13. The molecule has 0 saturated carbocycles. The van der Waals surface area contributed by atoms with Crippen LogP contribution in [-0.2, 0) is 0 Å². The predicted molar refractivity (Wildman–Crippen MR) is 86.2 cm³/mol. The van der Waals surface area contributed by atoms with E-state index in [0.717, 1.165) is 44.3 Å². The van der Waals surface area contributed by atoms with Gasteiger partial charge in [-0.15, -0.1) is 0 Å². The average Bonchev–Trinajstić information content (AvgIpc) is 2.51. The highest BCUT2D eigenvalue weighted by Gasteiger charge is 2.17. The molecule has 1 saturated heterocycles. The molecule has 1 aromatic rings. The summed E-state index contributed by atoms with van der Waals surface area (Å²) in [5, 5.41) is 3.53. The molecule has 21 heavy (non-hydrogen) atoms. The highest BCUT2D eigenvalue weighted by molar-refractivity contribution is 5.39. The molecule has 1 aliphatic heterocycles. The lowest BCUT2D eigenvalue weighted by Crippen LogP contribution is -2.43. The van der Waals surface area contributed by atoms with Gasteiger partial charge in [0.2, 0.25) is 0 Å². The fraction of sp³-hybridized carbons (Fsp3) is 0.647. The Labute approximate surface area is 128 Å². The quantitative estimate of drug-likeness (QED) is 0.798. The highest BCUT2D eigenvalue weighted by atomic mass is 16.5. The molecule has 2 rings (SSSR count). The van der Waals surface area contributed by atoms with Gasteiger partial charge >= 0.3 is 0 Å². The van der Waals surface area contributed by atoms with Crippen molar-refractivity contribution in [2.45, 2.75) is 32.7 Å². The van der Waals surface area contributed by atoms with Crippen LogP contribution in [0.4, 0.5) is 0 Å². The van der Waals surface area contributed by atoms with E-state index in [4.69, 9.17) is 9.47 Å². The Bertz CT molecular complexity index is 404. The number of rotatable bonds is 8. The van der Waals surface area contributed by atoms with Gasteiger partial charge in [0.15, 0.2) is 11.5 Å².